The second-order valence-electron chi connectivity index (χ2n) is 4.47. The van der Waals surface area contributed by atoms with Crippen molar-refractivity contribution in [2.45, 2.75) is 31.3 Å². The molecule has 0 amide bonds. The molecule has 0 saturated heterocycles. The minimum Gasteiger partial charge on any atom is -0.424 e. The Bertz CT molecular complexity index is 680. The monoisotopic (exact) mass is 298 g/mol. The molecular weight excluding hydrogens is 283 g/mol. The van der Waals surface area contributed by atoms with Gasteiger partial charge in [0.15, 0.2) is 9.84 Å². The highest BCUT2D eigenvalue weighted by Crippen LogP contribution is 2.28. The van der Waals surface area contributed by atoms with Crippen LogP contribution in [0.4, 0.5) is 4.39 Å². The molecular formula is C13H15FN2O3S. The van der Waals surface area contributed by atoms with Gasteiger partial charge >= 0.3 is 0 Å². The Morgan fingerprint density at radius 2 is 1.90 bits per heavy atom. The quantitative estimate of drug-likeness (QED) is 0.848. The highest BCUT2D eigenvalue weighted by Gasteiger charge is 2.28. The number of benzene rings is 1. The fourth-order valence-corrected chi connectivity index (χ4v) is 3.78. The van der Waals surface area contributed by atoms with Crippen molar-refractivity contribution < 1.29 is 17.2 Å². The van der Waals surface area contributed by atoms with E-state index in [0.717, 1.165) is 0 Å². The molecule has 20 heavy (non-hydrogen) atoms. The number of hydrogen-bond acceptors (Lipinski definition) is 5. The molecule has 1 unspecified atom stereocenters. The second kappa shape index (κ2) is 5.70. The number of hydrogen-bond donors (Lipinski definition) is 0. The van der Waals surface area contributed by atoms with Crippen LogP contribution in [-0.4, -0.2) is 18.6 Å². The van der Waals surface area contributed by atoms with Crippen LogP contribution >= 0.6 is 0 Å². The molecule has 0 radical (unpaired) electrons. The molecule has 1 aromatic heterocycles. The molecule has 0 saturated carbocycles. The van der Waals surface area contributed by atoms with Crippen molar-refractivity contribution >= 4 is 9.84 Å². The molecule has 0 fully saturated rings. The van der Waals surface area contributed by atoms with E-state index >= 15 is 0 Å². The zero-order valence-electron chi connectivity index (χ0n) is 11.2. The van der Waals surface area contributed by atoms with Crippen LogP contribution in [0.1, 0.15) is 35.9 Å². The van der Waals surface area contributed by atoms with E-state index < -0.39 is 20.9 Å². The Labute approximate surface area is 116 Å². The van der Waals surface area contributed by atoms with E-state index in [9.17, 15) is 12.8 Å². The molecule has 0 aliphatic heterocycles. The van der Waals surface area contributed by atoms with Crippen LogP contribution in [0.25, 0.3) is 0 Å². The fourth-order valence-electron chi connectivity index (χ4n) is 2.04. The summed E-state index contributed by atoms with van der Waals surface area (Å²) < 4.78 is 42.8. The molecule has 0 spiro atoms. The van der Waals surface area contributed by atoms with E-state index in [1.165, 1.54) is 24.3 Å². The summed E-state index contributed by atoms with van der Waals surface area (Å²) in [4.78, 5) is 0. The highest BCUT2D eigenvalue weighted by atomic mass is 32.2. The Hall–Kier alpha value is -1.76. The summed E-state index contributed by atoms with van der Waals surface area (Å²) >= 11 is 0. The summed E-state index contributed by atoms with van der Waals surface area (Å²) in [5.74, 6) is -0.314. The Morgan fingerprint density at radius 3 is 2.40 bits per heavy atom. The van der Waals surface area contributed by atoms with Gasteiger partial charge in [0.25, 0.3) is 0 Å². The van der Waals surface area contributed by atoms with E-state index in [-0.39, 0.29) is 11.6 Å². The molecule has 0 aliphatic rings. The minimum absolute atomic E-state index is 0.0723. The third-order valence-corrected chi connectivity index (χ3v) is 5.06. The van der Waals surface area contributed by atoms with Gasteiger partial charge in [-0.15, -0.1) is 10.2 Å². The maximum Gasteiger partial charge on any atom is 0.231 e. The summed E-state index contributed by atoms with van der Waals surface area (Å²) in [6.45, 7) is 3.37. The van der Waals surface area contributed by atoms with E-state index in [2.05, 4.69) is 10.2 Å². The molecule has 7 heteroatoms. The van der Waals surface area contributed by atoms with Crippen LogP contribution < -0.4 is 0 Å². The van der Waals surface area contributed by atoms with Gasteiger partial charge in [-0.1, -0.05) is 19.1 Å². The molecule has 5 nitrogen and oxygen atoms in total. The van der Waals surface area contributed by atoms with Gasteiger partial charge < -0.3 is 4.42 Å². The van der Waals surface area contributed by atoms with Crippen LogP contribution in [0, 0.1) is 12.7 Å². The van der Waals surface area contributed by atoms with Crippen molar-refractivity contribution in [2.24, 2.45) is 0 Å². The van der Waals surface area contributed by atoms with Gasteiger partial charge in [-0.3, -0.25) is 0 Å². The predicted molar refractivity (Wildman–Crippen MR) is 71.1 cm³/mol. The van der Waals surface area contributed by atoms with Crippen LogP contribution in [0.5, 0.6) is 0 Å². The minimum atomic E-state index is -3.50. The number of sulfone groups is 1. The summed E-state index contributed by atoms with van der Waals surface area (Å²) in [6.07, 6.45) is 0.390. The lowest BCUT2D eigenvalue weighted by Crippen LogP contribution is -2.15. The van der Waals surface area contributed by atoms with E-state index in [0.29, 0.717) is 17.9 Å². The third kappa shape index (κ3) is 3.22. The van der Waals surface area contributed by atoms with E-state index in [4.69, 9.17) is 4.42 Å². The number of nitrogens with zero attached hydrogens (tertiary/aromatic N) is 2. The maximum absolute atomic E-state index is 12.9. The van der Waals surface area contributed by atoms with Gasteiger partial charge in [0.2, 0.25) is 11.8 Å². The smallest absolute Gasteiger partial charge is 0.231 e. The third-order valence-electron chi connectivity index (χ3n) is 2.94. The van der Waals surface area contributed by atoms with Crippen molar-refractivity contribution in [1.29, 1.82) is 0 Å². The fraction of sp³-hybridized carbons (Fsp3) is 0.385. The first-order valence-electron chi connectivity index (χ1n) is 6.18. The van der Waals surface area contributed by atoms with Gasteiger partial charge in [0.1, 0.15) is 11.6 Å². The van der Waals surface area contributed by atoms with Crippen LogP contribution in [0.2, 0.25) is 0 Å². The SMILES string of the molecule is CCC(c1ccc(F)cc1)S(=O)(=O)Cc1nnc(C)o1. The van der Waals surface area contributed by atoms with Crippen molar-refractivity contribution in [3.8, 4) is 0 Å². The Morgan fingerprint density at radius 1 is 1.25 bits per heavy atom. The Kier molecular flexibility index (Phi) is 4.17. The van der Waals surface area contributed by atoms with Crippen LogP contribution in [0.15, 0.2) is 28.7 Å². The molecule has 0 aliphatic carbocycles. The molecule has 1 heterocycles. The molecule has 0 N–H and O–H groups in total. The number of rotatable bonds is 5. The summed E-state index contributed by atoms with van der Waals surface area (Å²) in [6, 6.07) is 5.48. The van der Waals surface area contributed by atoms with Gasteiger partial charge in [-0.25, -0.2) is 12.8 Å². The van der Waals surface area contributed by atoms with Crippen LogP contribution in [-0.2, 0) is 15.6 Å². The van der Waals surface area contributed by atoms with E-state index in [1.54, 1.807) is 13.8 Å². The van der Waals surface area contributed by atoms with Crippen molar-refractivity contribution in [2.75, 3.05) is 0 Å². The Balaban J connectivity index is 2.27. The first-order chi connectivity index (χ1) is 9.42. The standard InChI is InChI=1S/C13H15FN2O3S/c1-3-12(10-4-6-11(14)7-5-10)20(17,18)8-13-16-15-9(2)19-13/h4-7,12H,3,8H2,1-2H3. The summed E-state index contributed by atoms with van der Waals surface area (Å²) in [7, 11) is -3.50. The van der Waals surface area contributed by atoms with Gasteiger partial charge in [-0.05, 0) is 24.1 Å². The summed E-state index contributed by atoms with van der Waals surface area (Å²) in [5.41, 5.74) is 0.560. The van der Waals surface area contributed by atoms with Gasteiger partial charge in [0.05, 0.1) is 5.25 Å². The van der Waals surface area contributed by atoms with Crippen molar-refractivity contribution in [3.63, 3.8) is 0 Å². The van der Waals surface area contributed by atoms with Gasteiger partial charge in [-0.2, -0.15) is 0 Å². The first kappa shape index (κ1) is 14.6. The highest BCUT2D eigenvalue weighted by molar-refractivity contribution is 7.90. The maximum atomic E-state index is 12.9. The topological polar surface area (TPSA) is 73.1 Å². The lowest BCUT2D eigenvalue weighted by molar-refractivity contribution is 0.478. The van der Waals surface area contributed by atoms with Crippen molar-refractivity contribution in [1.82, 2.24) is 10.2 Å². The molecule has 2 rings (SSSR count). The van der Waals surface area contributed by atoms with Gasteiger partial charge in [0, 0.05) is 6.92 Å². The van der Waals surface area contributed by atoms with Crippen molar-refractivity contribution in [3.05, 3.63) is 47.4 Å². The lowest BCUT2D eigenvalue weighted by atomic mass is 10.1. The summed E-state index contributed by atoms with van der Waals surface area (Å²) in [5, 5.41) is 6.60. The average Bonchev–Trinajstić information content (AvgIpc) is 2.77. The lowest BCUT2D eigenvalue weighted by Gasteiger charge is -2.15. The molecule has 1 aromatic carbocycles. The zero-order valence-corrected chi connectivity index (χ0v) is 12.0. The number of halogens is 1. The largest absolute Gasteiger partial charge is 0.424 e. The molecule has 108 valence electrons. The zero-order chi connectivity index (χ0) is 14.8. The van der Waals surface area contributed by atoms with E-state index in [1.807, 2.05) is 0 Å². The molecule has 2 aromatic rings. The molecule has 0 bridgehead atoms. The number of aryl methyl sites for hydroxylation is 1. The second-order valence-corrected chi connectivity index (χ2v) is 6.65. The first-order valence-corrected chi connectivity index (χ1v) is 7.90. The molecule has 1 atom stereocenters. The average molecular weight is 298 g/mol. The van der Waals surface area contributed by atoms with Crippen LogP contribution in [0.3, 0.4) is 0 Å². The number of aromatic nitrogens is 2. The predicted octanol–water partition coefficient (Wildman–Crippen LogP) is 2.58. The normalized spacial score (nSPS) is 13.3.